The van der Waals surface area contributed by atoms with E-state index in [-0.39, 0.29) is 11.0 Å². The van der Waals surface area contributed by atoms with Crippen LogP contribution in [0.25, 0.3) is 0 Å². The molecule has 0 spiro atoms. The molecule has 1 amide bonds. The Morgan fingerprint density at radius 1 is 1.56 bits per heavy atom. The van der Waals surface area contributed by atoms with E-state index in [4.69, 9.17) is 5.73 Å². The van der Waals surface area contributed by atoms with Gasteiger partial charge in [0.2, 0.25) is 5.11 Å². The maximum absolute atomic E-state index is 11.6. The summed E-state index contributed by atoms with van der Waals surface area (Å²) >= 11 is 7.90. The molecular formula is C9H7BrN4OS. The molecule has 1 atom stereocenters. The monoisotopic (exact) mass is 298 g/mol. The van der Waals surface area contributed by atoms with Crippen LogP contribution >= 0.6 is 28.1 Å². The van der Waals surface area contributed by atoms with Crippen LogP contribution < -0.4 is 11.1 Å². The number of halogens is 1. The van der Waals surface area contributed by atoms with Gasteiger partial charge in [0.15, 0.2) is 6.04 Å². The Kier molecular flexibility index (Phi) is 2.97. The molecule has 7 heteroatoms. The summed E-state index contributed by atoms with van der Waals surface area (Å²) in [6.45, 7) is 0. The number of benzene rings is 1. The van der Waals surface area contributed by atoms with E-state index >= 15 is 0 Å². The first-order valence-electron chi connectivity index (χ1n) is 4.38. The number of thiocarbonyl (C=S) groups is 1. The van der Waals surface area contributed by atoms with Crippen molar-refractivity contribution in [3.63, 3.8) is 0 Å². The minimum atomic E-state index is -0.672. The fourth-order valence-corrected chi connectivity index (χ4v) is 1.87. The van der Waals surface area contributed by atoms with E-state index in [0.717, 1.165) is 15.7 Å². The number of amides is 1. The Labute approximate surface area is 105 Å². The molecule has 1 aliphatic rings. The zero-order valence-corrected chi connectivity index (χ0v) is 10.4. The summed E-state index contributed by atoms with van der Waals surface area (Å²) in [5.41, 5.74) is 6.70. The second-order valence-corrected chi connectivity index (χ2v) is 4.51. The summed E-state index contributed by atoms with van der Waals surface area (Å²) in [6.07, 6.45) is 0. The lowest BCUT2D eigenvalue weighted by molar-refractivity contribution is -0.116. The minimum absolute atomic E-state index is 0.0868. The molecule has 1 unspecified atom stereocenters. The molecule has 0 saturated carbocycles. The smallest absolute Gasteiger partial charge is 0.255 e. The molecule has 82 valence electrons. The molecule has 5 nitrogen and oxygen atoms in total. The van der Waals surface area contributed by atoms with Gasteiger partial charge in [-0.05, 0) is 30.4 Å². The van der Waals surface area contributed by atoms with Gasteiger partial charge in [-0.15, -0.1) is 5.11 Å². The molecule has 0 radical (unpaired) electrons. The molecule has 0 fully saturated rings. The first-order valence-corrected chi connectivity index (χ1v) is 5.58. The Morgan fingerprint density at radius 3 is 3.00 bits per heavy atom. The number of anilines is 1. The van der Waals surface area contributed by atoms with E-state index < -0.39 is 6.04 Å². The quantitative estimate of drug-likeness (QED) is 0.616. The minimum Gasteiger partial charge on any atom is -0.373 e. The van der Waals surface area contributed by atoms with Crippen molar-refractivity contribution in [3.8, 4) is 0 Å². The number of fused-ring (bicyclic) bond motifs is 1. The number of carbonyl (C=O) groups is 1. The Morgan fingerprint density at radius 2 is 2.31 bits per heavy atom. The lowest BCUT2D eigenvalue weighted by Crippen LogP contribution is -2.11. The van der Waals surface area contributed by atoms with Crippen LogP contribution in [-0.2, 0) is 4.79 Å². The van der Waals surface area contributed by atoms with Crippen molar-refractivity contribution in [1.82, 2.24) is 0 Å². The molecule has 1 aromatic carbocycles. The van der Waals surface area contributed by atoms with Gasteiger partial charge in [-0.1, -0.05) is 15.9 Å². The number of rotatable bonds is 1. The second kappa shape index (κ2) is 4.26. The zero-order valence-electron chi connectivity index (χ0n) is 7.98. The van der Waals surface area contributed by atoms with Gasteiger partial charge >= 0.3 is 0 Å². The van der Waals surface area contributed by atoms with Crippen LogP contribution in [0.4, 0.5) is 5.69 Å². The van der Waals surface area contributed by atoms with Crippen LogP contribution in [0, 0.1) is 0 Å². The predicted molar refractivity (Wildman–Crippen MR) is 67.2 cm³/mol. The van der Waals surface area contributed by atoms with Crippen molar-refractivity contribution in [2.45, 2.75) is 6.04 Å². The van der Waals surface area contributed by atoms with Crippen LogP contribution in [0.2, 0.25) is 0 Å². The molecule has 0 saturated heterocycles. The summed E-state index contributed by atoms with van der Waals surface area (Å²) in [6, 6.07) is 4.78. The van der Waals surface area contributed by atoms with Crippen LogP contribution in [0.15, 0.2) is 32.9 Å². The van der Waals surface area contributed by atoms with E-state index in [2.05, 4.69) is 43.7 Å². The first kappa shape index (κ1) is 11.2. The maximum atomic E-state index is 11.6. The van der Waals surface area contributed by atoms with Crippen molar-refractivity contribution in [2.24, 2.45) is 16.0 Å². The normalized spacial score (nSPS) is 18.6. The average Bonchev–Trinajstić information content (AvgIpc) is 2.51. The van der Waals surface area contributed by atoms with E-state index in [1.54, 1.807) is 6.07 Å². The first-order chi connectivity index (χ1) is 7.58. The summed E-state index contributed by atoms with van der Waals surface area (Å²) in [7, 11) is 0. The fourth-order valence-electron chi connectivity index (χ4n) is 1.45. The molecule has 0 aliphatic carbocycles. The average molecular weight is 299 g/mol. The third kappa shape index (κ3) is 2.10. The molecule has 0 bridgehead atoms. The number of carbonyl (C=O) groups excluding carboxylic acids is 1. The standard InChI is InChI=1S/C9H7BrN4OS/c10-4-1-2-6-5(3-4)7(8(15)12-6)13-14-9(11)16/h1-3,7H,(H2,11,16)(H,12,15). The molecule has 3 N–H and O–H groups in total. The number of nitrogens with two attached hydrogens (primary N) is 1. The molecule has 16 heavy (non-hydrogen) atoms. The van der Waals surface area contributed by atoms with Gasteiger partial charge in [-0.2, -0.15) is 5.11 Å². The third-order valence-electron chi connectivity index (χ3n) is 2.09. The van der Waals surface area contributed by atoms with Crippen LogP contribution in [0.1, 0.15) is 11.6 Å². The topological polar surface area (TPSA) is 79.8 Å². The Balaban J connectivity index is 2.38. The van der Waals surface area contributed by atoms with Gasteiger partial charge in [0.25, 0.3) is 5.91 Å². The largest absolute Gasteiger partial charge is 0.373 e. The van der Waals surface area contributed by atoms with E-state index in [0.29, 0.717) is 0 Å². The highest BCUT2D eigenvalue weighted by atomic mass is 79.9. The summed E-state index contributed by atoms with van der Waals surface area (Å²) in [4.78, 5) is 11.6. The van der Waals surface area contributed by atoms with Gasteiger partial charge in [0.1, 0.15) is 0 Å². The van der Waals surface area contributed by atoms with Crippen LogP contribution in [-0.4, -0.2) is 11.0 Å². The maximum Gasteiger partial charge on any atom is 0.255 e. The van der Waals surface area contributed by atoms with Gasteiger partial charge in [0.05, 0.1) is 0 Å². The van der Waals surface area contributed by atoms with Crippen molar-refractivity contribution in [3.05, 3.63) is 28.2 Å². The van der Waals surface area contributed by atoms with Crippen LogP contribution in [0.5, 0.6) is 0 Å². The van der Waals surface area contributed by atoms with Gasteiger partial charge < -0.3 is 11.1 Å². The number of nitrogens with one attached hydrogen (secondary N) is 1. The second-order valence-electron chi connectivity index (χ2n) is 3.18. The lowest BCUT2D eigenvalue weighted by atomic mass is 10.1. The summed E-state index contributed by atoms with van der Waals surface area (Å²) in [5.74, 6) is -0.229. The molecule has 2 rings (SSSR count). The fraction of sp³-hybridized carbons (Fsp3) is 0.111. The van der Waals surface area contributed by atoms with E-state index in [1.165, 1.54) is 0 Å². The summed E-state index contributed by atoms with van der Waals surface area (Å²) in [5, 5.41) is 9.97. The highest BCUT2D eigenvalue weighted by molar-refractivity contribution is 9.10. The zero-order chi connectivity index (χ0) is 11.7. The molecule has 0 aromatic heterocycles. The Hall–Kier alpha value is -1.34. The molecule has 1 aliphatic heterocycles. The van der Waals surface area contributed by atoms with Crippen molar-refractivity contribution in [1.29, 1.82) is 0 Å². The highest BCUT2D eigenvalue weighted by Gasteiger charge is 2.30. The lowest BCUT2D eigenvalue weighted by Gasteiger charge is -2.01. The van der Waals surface area contributed by atoms with Gasteiger partial charge in [-0.25, -0.2) is 0 Å². The predicted octanol–water partition coefficient (Wildman–Crippen LogP) is 2.14. The summed E-state index contributed by atoms with van der Waals surface area (Å²) < 4.78 is 0.873. The number of hydrogen-bond acceptors (Lipinski definition) is 3. The molecule has 1 heterocycles. The highest BCUT2D eigenvalue weighted by Crippen LogP contribution is 2.35. The molecule has 1 aromatic rings. The molecular weight excluding hydrogens is 292 g/mol. The number of azo groups is 1. The van der Waals surface area contributed by atoms with Gasteiger partial charge in [0, 0.05) is 15.7 Å². The number of nitrogens with zero attached hydrogens (tertiary/aromatic N) is 2. The van der Waals surface area contributed by atoms with Crippen molar-refractivity contribution >= 4 is 44.9 Å². The van der Waals surface area contributed by atoms with Gasteiger partial charge in [-0.3, -0.25) is 4.79 Å². The number of hydrogen-bond donors (Lipinski definition) is 2. The van der Waals surface area contributed by atoms with E-state index in [9.17, 15) is 4.79 Å². The van der Waals surface area contributed by atoms with E-state index in [1.807, 2.05) is 12.1 Å². The third-order valence-corrected chi connectivity index (χ3v) is 2.66. The van der Waals surface area contributed by atoms with Crippen molar-refractivity contribution < 1.29 is 4.79 Å². The van der Waals surface area contributed by atoms with Crippen LogP contribution in [0.3, 0.4) is 0 Å². The van der Waals surface area contributed by atoms with Crippen molar-refractivity contribution in [2.75, 3.05) is 5.32 Å². The Bertz CT molecular complexity index is 502. The SMILES string of the molecule is NC(=S)N=NC1C(=O)Nc2ccc(Br)cc21.